The molecule has 14 heavy (non-hydrogen) atoms. The lowest BCUT2D eigenvalue weighted by Gasteiger charge is -2.13. The van der Waals surface area contributed by atoms with Crippen molar-refractivity contribution >= 4 is 24.8 Å². The highest BCUT2D eigenvalue weighted by molar-refractivity contribution is 5.85. The van der Waals surface area contributed by atoms with Crippen LogP contribution in [0, 0.1) is 0 Å². The topological polar surface area (TPSA) is 38.0 Å². The second-order valence-corrected chi connectivity index (χ2v) is 3.34. The zero-order valence-corrected chi connectivity index (χ0v) is 9.48. The van der Waals surface area contributed by atoms with Crippen LogP contribution in [0.5, 0.6) is 0 Å². The second kappa shape index (κ2) is 6.25. The van der Waals surface area contributed by atoms with Crippen LogP contribution in [0.1, 0.15) is 11.5 Å². The molecule has 2 rings (SSSR count). The Kier molecular flexibility index (Phi) is 6.12. The van der Waals surface area contributed by atoms with Crippen molar-refractivity contribution in [3.8, 4) is 0 Å². The van der Waals surface area contributed by atoms with Crippen LogP contribution in [0.25, 0.3) is 0 Å². The molecule has 0 saturated carbocycles. The molecule has 1 saturated heterocycles. The number of benzene rings is 1. The van der Waals surface area contributed by atoms with E-state index in [9.17, 15) is 0 Å². The molecule has 1 aromatic carbocycles. The molecule has 4 heteroatoms. The Hall–Kier alpha value is -0.280. The number of nitrogens with one attached hydrogen (secondary N) is 1. The van der Waals surface area contributed by atoms with Crippen molar-refractivity contribution in [1.29, 1.82) is 0 Å². The van der Waals surface area contributed by atoms with Gasteiger partial charge in [-0.3, -0.25) is 0 Å². The molecule has 0 aromatic heterocycles. The first kappa shape index (κ1) is 13.7. The summed E-state index contributed by atoms with van der Waals surface area (Å²) in [6.45, 7) is 1.96. The fourth-order valence-electron chi connectivity index (χ4n) is 1.76. The molecule has 0 aliphatic carbocycles. The first-order valence-corrected chi connectivity index (χ1v) is 4.39. The Bertz CT molecular complexity index is 254. The van der Waals surface area contributed by atoms with Gasteiger partial charge in [0.25, 0.3) is 0 Å². The molecule has 2 atom stereocenters. The van der Waals surface area contributed by atoms with Gasteiger partial charge in [-0.15, -0.1) is 24.8 Å². The normalized spacial score (nSPS) is 24.9. The van der Waals surface area contributed by atoms with Crippen LogP contribution in [0.2, 0.25) is 0 Å². The fourth-order valence-corrected chi connectivity index (χ4v) is 1.76. The zero-order valence-electron chi connectivity index (χ0n) is 7.85. The third kappa shape index (κ3) is 2.85. The van der Waals surface area contributed by atoms with Gasteiger partial charge in [0.05, 0.1) is 0 Å². The second-order valence-electron chi connectivity index (χ2n) is 3.34. The molecule has 0 radical (unpaired) electrons. The summed E-state index contributed by atoms with van der Waals surface area (Å²) in [6, 6.07) is 10.8. The van der Waals surface area contributed by atoms with E-state index in [2.05, 4.69) is 29.6 Å². The smallest absolute Gasteiger partial charge is 0.0247 e. The zero-order chi connectivity index (χ0) is 8.39. The van der Waals surface area contributed by atoms with Crippen molar-refractivity contribution in [3.05, 3.63) is 35.9 Å². The summed E-state index contributed by atoms with van der Waals surface area (Å²) in [6.07, 6.45) is 0. The average molecular weight is 235 g/mol. The number of halogens is 2. The summed E-state index contributed by atoms with van der Waals surface area (Å²) < 4.78 is 0. The van der Waals surface area contributed by atoms with Crippen LogP contribution in [0.4, 0.5) is 0 Å². The average Bonchev–Trinajstić information content (AvgIpc) is 2.53. The minimum Gasteiger partial charge on any atom is -0.326 e. The molecule has 1 fully saturated rings. The molecule has 0 amide bonds. The van der Waals surface area contributed by atoms with Gasteiger partial charge in [0.2, 0.25) is 0 Å². The lowest BCUT2D eigenvalue weighted by atomic mass is 9.95. The quantitative estimate of drug-likeness (QED) is 0.774. The summed E-state index contributed by atoms with van der Waals surface area (Å²) in [4.78, 5) is 0. The van der Waals surface area contributed by atoms with Gasteiger partial charge < -0.3 is 11.1 Å². The molecule has 1 heterocycles. The Labute approximate surface area is 97.1 Å². The van der Waals surface area contributed by atoms with Crippen molar-refractivity contribution in [1.82, 2.24) is 5.32 Å². The number of rotatable bonds is 1. The van der Waals surface area contributed by atoms with Crippen molar-refractivity contribution in [3.63, 3.8) is 0 Å². The summed E-state index contributed by atoms with van der Waals surface area (Å²) in [5.74, 6) is 0.506. The van der Waals surface area contributed by atoms with Crippen LogP contribution in [0.15, 0.2) is 30.3 Å². The number of hydrogen-bond acceptors (Lipinski definition) is 2. The van der Waals surface area contributed by atoms with Gasteiger partial charge >= 0.3 is 0 Å². The van der Waals surface area contributed by atoms with Crippen molar-refractivity contribution < 1.29 is 0 Å². The molecule has 1 aromatic rings. The predicted molar refractivity (Wildman–Crippen MR) is 64.5 cm³/mol. The van der Waals surface area contributed by atoms with E-state index in [0.717, 1.165) is 13.1 Å². The summed E-state index contributed by atoms with van der Waals surface area (Å²) in [5, 5.41) is 3.30. The first-order valence-electron chi connectivity index (χ1n) is 4.39. The van der Waals surface area contributed by atoms with E-state index in [1.807, 2.05) is 6.07 Å². The maximum atomic E-state index is 5.95. The Morgan fingerprint density at radius 3 is 2.21 bits per heavy atom. The monoisotopic (exact) mass is 234 g/mol. The van der Waals surface area contributed by atoms with Gasteiger partial charge in [0, 0.05) is 25.0 Å². The predicted octanol–water partition coefficient (Wildman–Crippen LogP) is 1.54. The third-order valence-electron chi connectivity index (χ3n) is 2.49. The molecule has 1 aliphatic rings. The maximum absolute atomic E-state index is 5.95. The van der Waals surface area contributed by atoms with Gasteiger partial charge in [-0.05, 0) is 5.56 Å². The minimum absolute atomic E-state index is 0. The molecule has 0 bridgehead atoms. The molecule has 3 N–H and O–H groups in total. The van der Waals surface area contributed by atoms with Gasteiger partial charge in [-0.25, -0.2) is 0 Å². The van der Waals surface area contributed by atoms with E-state index >= 15 is 0 Å². The van der Waals surface area contributed by atoms with Crippen molar-refractivity contribution in [2.75, 3.05) is 13.1 Å². The number of hydrogen-bond donors (Lipinski definition) is 2. The highest BCUT2D eigenvalue weighted by Gasteiger charge is 2.24. The SMILES string of the molecule is Cl.Cl.N[C@@H]1CNC[C@H]1c1ccccc1. The largest absolute Gasteiger partial charge is 0.326 e. The molecular weight excluding hydrogens is 219 g/mol. The van der Waals surface area contributed by atoms with E-state index in [0.29, 0.717) is 5.92 Å². The molecule has 0 spiro atoms. The van der Waals surface area contributed by atoms with Gasteiger partial charge in [-0.1, -0.05) is 30.3 Å². The number of nitrogens with two attached hydrogens (primary N) is 1. The first-order chi connectivity index (χ1) is 5.88. The van der Waals surface area contributed by atoms with Gasteiger partial charge in [0.15, 0.2) is 0 Å². The lowest BCUT2D eigenvalue weighted by Crippen LogP contribution is -2.27. The van der Waals surface area contributed by atoms with Crippen LogP contribution in [-0.4, -0.2) is 19.1 Å². The van der Waals surface area contributed by atoms with Crippen LogP contribution < -0.4 is 11.1 Å². The fraction of sp³-hybridized carbons (Fsp3) is 0.400. The van der Waals surface area contributed by atoms with Gasteiger partial charge in [-0.2, -0.15) is 0 Å². The van der Waals surface area contributed by atoms with Crippen LogP contribution >= 0.6 is 24.8 Å². The standard InChI is InChI=1S/C10H14N2.2ClH/c11-10-7-12-6-9(10)8-4-2-1-3-5-8;;/h1-5,9-10,12H,6-7,11H2;2*1H/t9-,10+;;/m0../s1. The highest BCUT2D eigenvalue weighted by Crippen LogP contribution is 2.20. The maximum Gasteiger partial charge on any atom is 0.0247 e. The van der Waals surface area contributed by atoms with Gasteiger partial charge in [0.1, 0.15) is 0 Å². The molecular formula is C10H16Cl2N2. The van der Waals surface area contributed by atoms with E-state index in [4.69, 9.17) is 5.73 Å². The van der Waals surface area contributed by atoms with Crippen LogP contribution in [0.3, 0.4) is 0 Å². The van der Waals surface area contributed by atoms with Crippen molar-refractivity contribution in [2.45, 2.75) is 12.0 Å². The summed E-state index contributed by atoms with van der Waals surface area (Å²) in [5.41, 5.74) is 7.30. The van der Waals surface area contributed by atoms with E-state index < -0.39 is 0 Å². The van der Waals surface area contributed by atoms with Crippen molar-refractivity contribution in [2.24, 2.45) is 5.73 Å². The lowest BCUT2D eigenvalue weighted by molar-refractivity contribution is 0.653. The Balaban J connectivity index is 0.000000845. The highest BCUT2D eigenvalue weighted by atomic mass is 35.5. The molecule has 1 aliphatic heterocycles. The molecule has 2 nitrogen and oxygen atoms in total. The Morgan fingerprint density at radius 1 is 1.07 bits per heavy atom. The van der Waals surface area contributed by atoms with E-state index in [-0.39, 0.29) is 30.9 Å². The van der Waals surface area contributed by atoms with Crippen LogP contribution in [-0.2, 0) is 0 Å². The Morgan fingerprint density at radius 2 is 1.71 bits per heavy atom. The van der Waals surface area contributed by atoms with E-state index in [1.165, 1.54) is 5.56 Å². The van der Waals surface area contributed by atoms with E-state index in [1.54, 1.807) is 0 Å². The minimum atomic E-state index is 0. The third-order valence-corrected chi connectivity index (χ3v) is 2.49. The summed E-state index contributed by atoms with van der Waals surface area (Å²) >= 11 is 0. The molecule has 0 unspecified atom stereocenters. The summed E-state index contributed by atoms with van der Waals surface area (Å²) in [7, 11) is 0. The molecule has 80 valence electrons.